The first-order valence-electron chi connectivity index (χ1n) is 7.93. The van der Waals surface area contributed by atoms with E-state index in [0.717, 1.165) is 24.5 Å². The number of hydrogen-bond donors (Lipinski definition) is 2. The third kappa shape index (κ3) is 3.40. The highest BCUT2D eigenvalue weighted by Gasteiger charge is 2.23. The summed E-state index contributed by atoms with van der Waals surface area (Å²) in [6.45, 7) is 4.62. The number of aryl methyl sites for hydroxylation is 1. The fraction of sp³-hybridized carbons (Fsp3) is 0.353. The van der Waals surface area contributed by atoms with Gasteiger partial charge in [0.05, 0.1) is 0 Å². The van der Waals surface area contributed by atoms with Gasteiger partial charge in [0.15, 0.2) is 0 Å². The van der Waals surface area contributed by atoms with Gasteiger partial charge < -0.3 is 20.2 Å². The van der Waals surface area contributed by atoms with E-state index in [9.17, 15) is 9.90 Å². The fourth-order valence-corrected chi connectivity index (χ4v) is 2.78. The first-order chi connectivity index (χ1) is 11.6. The van der Waals surface area contributed by atoms with Gasteiger partial charge in [-0.05, 0) is 37.3 Å². The van der Waals surface area contributed by atoms with Crippen molar-refractivity contribution in [2.75, 3.05) is 43.4 Å². The molecule has 0 radical (unpaired) electrons. The van der Waals surface area contributed by atoms with Gasteiger partial charge in [0.2, 0.25) is 5.95 Å². The lowest BCUT2D eigenvalue weighted by atomic mass is 10.2. The quantitative estimate of drug-likeness (QED) is 0.889. The molecule has 0 atom stereocenters. The summed E-state index contributed by atoms with van der Waals surface area (Å²) in [5.74, 6) is 0.649. The van der Waals surface area contributed by atoms with E-state index in [1.54, 1.807) is 25.2 Å². The minimum Gasteiger partial charge on any atom is -0.508 e. The number of carbonyl (C=O) groups excluding carboxylic acids is 1. The summed E-state index contributed by atoms with van der Waals surface area (Å²) in [5.41, 5.74) is 2.24. The fourth-order valence-electron chi connectivity index (χ4n) is 2.78. The maximum absolute atomic E-state index is 12.7. The topological polar surface area (TPSA) is 81.6 Å². The number of nitrogens with zero attached hydrogens (tertiary/aromatic N) is 4. The number of aromatic nitrogens is 2. The largest absolute Gasteiger partial charge is 0.508 e. The van der Waals surface area contributed by atoms with E-state index in [2.05, 4.69) is 20.2 Å². The first-order valence-corrected chi connectivity index (χ1v) is 7.93. The molecule has 1 aromatic heterocycles. The molecule has 3 rings (SSSR count). The molecule has 0 aliphatic carbocycles. The lowest BCUT2D eigenvalue weighted by Crippen LogP contribution is -2.49. The molecule has 1 amide bonds. The van der Waals surface area contributed by atoms with Gasteiger partial charge in [-0.25, -0.2) is 9.97 Å². The molecule has 1 saturated heterocycles. The van der Waals surface area contributed by atoms with E-state index in [-0.39, 0.29) is 11.7 Å². The molecule has 1 aliphatic heterocycles. The average molecular weight is 327 g/mol. The van der Waals surface area contributed by atoms with Crippen LogP contribution in [0, 0.1) is 6.92 Å². The molecule has 0 spiro atoms. The van der Waals surface area contributed by atoms with Crippen LogP contribution in [0.15, 0.2) is 30.3 Å². The number of phenols is 1. The number of rotatable bonds is 3. The molecular formula is C17H21N5O2. The van der Waals surface area contributed by atoms with E-state index in [1.807, 2.05) is 24.0 Å². The van der Waals surface area contributed by atoms with Gasteiger partial charge in [-0.15, -0.1) is 0 Å². The summed E-state index contributed by atoms with van der Waals surface area (Å²) in [6.07, 6.45) is 0. The Balaban J connectivity index is 1.67. The number of anilines is 2. The first kappa shape index (κ1) is 16.0. The molecule has 0 bridgehead atoms. The van der Waals surface area contributed by atoms with E-state index in [1.165, 1.54) is 0 Å². The van der Waals surface area contributed by atoms with Crippen molar-refractivity contribution < 1.29 is 9.90 Å². The Hall–Kier alpha value is -2.83. The van der Waals surface area contributed by atoms with E-state index >= 15 is 0 Å². The SMILES string of the molecule is CNc1nc(C)cc(C(=O)N2CCN(c3ccc(O)cc3)CC2)n1. The summed E-state index contributed by atoms with van der Waals surface area (Å²) in [6, 6.07) is 8.85. The van der Waals surface area contributed by atoms with E-state index in [4.69, 9.17) is 0 Å². The molecule has 7 nitrogen and oxygen atoms in total. The van der Waals surface area contributed by atoms with Crippen LogP contribution in [0.5, 0.6) is 5.75 Å². The van der Waals surface area contributed by atoms with Gasteiger partial charge in [-0.2, -0.15) is 0 Å². The number of nitrogens with one attached hydrogen (secondary N) is 1. The van der Waals surface area contributed by atoms with Crippen LogP contribution >= 0.6 is 0 Å². The lowest BCUT2D eigenvalue weighted by molar-refractivity contribution is 0.0740. The predicted octanol–water partition coefficient (Wildman–Crippen LogP) is 1.49. The zero-order valence-corrected chi connectivity index (χ0v) is 13.9. The van der Waals surface area contributed by atoms with Gasteiger partial charge in [0.25, 0.3) is 5.91 Å². The molecule has 7 heteroatoms. The van der Waals surface area contributed by atoms with Crippen molar-refractivity contribution >= 4 is 17.5 Å². The second-order valence-corrected chi connectivity index (χ2v) is 5.76. The number of carbonyl (C=O) groups is 1. The minimum absolute atomic E-state index is 0.0673. The highest BCUT2D eigenvalue weighted by Crippen LogP contribution is 2.20. The lowest BCUT2D eigenvalue weighted by Gasteiger charge is -2.36. The average Bonchev–Trinajstić information content (AvgIpc) is 2.61. The van der Waals surface area contributed by atoms with Gasteiger partial charge in [0.1, 0.15) is 11.4 Å². The molecule has 2 heterocycles. The monoisotopic (exact) mass is 327 g/mol. The maximum Gasteiger partial charge on any atom is 0.272 e. The number of aromatic hydroxyl groups is 1. The zero-order chi connectivity index (χ0) is 17.1. The number of piperazine rings is 1. The Morgan fingerprint density at radius 2 is 1.79 bits per heavy atom. The van der Waals surface area contributed by atoms with E-state index < -0.39 is 0 Å². The van der Waals surface area contributed by atoms with Crippen LogP contribution in [0.1, 0.15) is 16.2 Å². The van der Waals surface area contributed by atoms with Crippen molar-refractivity contribution in [3.05, 3.63) is 41.7 Å². The molecule has 1 fully saturated rings. The smallest absolute Gasteiger partial charge is 0.272 e. The second kappa shape index (κ2) is 6.74. The highest BCUT2D eigenvalue weighted by molar-refractivity contribution is 5.92. The normalized spacial score (nSPS) is 14.6. The van der Waals surface area contributed by atoms with Crippen molar-refractivity contribution in [3.8, 4) is 5.75 Å². The van der Waals surface area contributed by atoms with Crippen LogP contribution in [0.3, 0.4) is 0 Å². The number of amides is 1. The summed E-state index contributed by atoms with van der Waals surface area (Å²) >= 11 is 0. The van der Waals surface area contributed by atoms with Gasteiger partial charge in [-0.1, -0.05) is 0 Å². The van der Waals surface area contributed by atoms with Crippen molar-refractivity contribution in [1.82, 2.24) is 14.9 Å². The van der Waals surface area contributed by atoms with Crippen LogP contribution in [-0.4, -0.2) is 59.1 Å². The Morgan fingerprint density at radius 3 is 2.42 bits per heavy atom. The Labute approximate surface area is 141 Å². The molecule has 2 N–H and O–H groups in total. The Bertz CT molecular complexity index is 724. The molecule has 0 unspecified atom stereocenters. The van der Waals surface area contributed by atoms with Crippen LogP contribution in [0.2, 0.25) is 0 Å². The standard InChI is InChI=1S/C17H21N5O2/c1-12-11-15(20-17(18-2)19-12)16(24)22-9-7-21(8-10-22)13-3-5-14(23)6-4-13/h3-6,11,23H,7-10H2,1-2H3,(H,18,19,20). The summed E-state index contributed by atoms with van der Waals surface area (Å²) in [5, 5.41) is 12.2. The third-order valence-corrected chi connectivity index (χ3v) is 4.08. The Kier molecular flexibility index (Phi) is 4.50. The summed E-state index contributed by atoms with van der Waals surface area (Å²) in [7, 11) is 1.74. The predicted molar refractivity (Wildman–Crippen MR) is 92.5 cm³/mol. The number of hydrogen-bond acceptors (Lipinski definition) is 6. The minimum atomic E-state index is -0.0673. The molecule has 126 valence electrons. The van der Waals surface area contributed by atoms with Crippen molar-refractivity contribution in [2.24, 2.45) is 0 Å². The third-order valence-electron chi connectivity index (χ3n) is 4.08. The number of phenolic OH excluding ortho intramolecular Hbond substituents is 1. The highest BCUT2D eigenvalue weighted by atomic mass is 16.3. The molecular weight excluding hydrogens is 306 g/mol. The molecule has 1 aromatic carbocycles. The summed E-state index contributed by atoms with van der Waals surface area (Å²) in [4.78, 5) is 25.2. The second-order valence-electron chi connectivity index (χ2n) is 5.76. The van der Waals surface area contributed by atoms with Gasteiger partial charge in [0, 0.05) is 44.6 Å². The molecule has 1 aliphatic rings. The van der Waals surface area contributed by atoms with Crippen molar-refractivity contribution in [3.63, 3.8) is 0 Å². The van der Waals surface area contributed by atoms with Crippen LogP contribution < -0.4 is 10.2 Å². The Morgan fingerprint density at radius 1 is 1.12 bits per heavy atom. The van der Waals surface area contributed by atoms with Gasteiger partial charge >= 0.3 is 0 Å². The summed E-state index contributed by atoms with van der Waals surface area (Å²) < 4.78 is 0. The molecule has 24 heavy (non-hydrogen) atoms. The van der Waals surface area contributed by atoms with Crippen LogP contribution in [0.4, 0.5) is 11.6 Å². The van der Waals surface area contributed by atoms with Crippen LogP contribution in [0.25, 0.3) is 0 Å². The number of benzene rings is 1. The van der Waals surface area contributed by atoms with Crippen molar-refractivity contribution in [1.29, 1.82) is 0 Å². The van der Waals surface area contributed by atoms with Gasteiger partial charge in [-0.3, -0.25) is 4.79 Å². The zero-order valence-electron chi connectivity index (χ0n) is 13.9. The van der Waals surface area contributed by atoms with Crippen molar-refractivity contribution in [2.45, 2.75) is 6.92 Å². The molecule has 0 saturated carbocycles. The van der Waals surface area contributed by atoms with Crippen LogP contribution in [-0.2, 0) is 0 Å². The van der Waals surface area contributed by atoms with E-state index in [0.29, 0.717) is 24.7 Å². The maximum atomic E-state index is 12.7. The molecule has 2 aromatic rings.